The van der Waals surface area contributed by atoms with E-state index in [2.05, 4.69) is 10.6 Å². The number of carbonyl (C=O) groups is 1. The second-order valence-corrected chi connectivity index (χ2v) is 5.00. The molecular weight excluding hydrogens is 274 g/mol. The van der Waals surface area contributed by atoms with Crippen LogP contribution in [-0.4, -0.2) is 37.6 Å². The van der Waals surface area contributed by atoms with Crippen molar-refractivity contribution in [3.8, 4) is 0 Å². The molecule has 114 valence electrons. The van der Waals surface area contributed by atoms with Crippen molar-refractivity contribution in [2.75, 3.05) is 32.1 Å². The van der Waals surface area contributed by atoms with Crippen LogP contribution < -0.4 is 10.6 Å². The third-order valence-corrected chi connectivity index (χ3v) is 3.62. The Labute approximate surface area is 122 Å². The molecule has 2 N–H and O–H groups in total. The van der Waals surface area contributed by atoms with Gasteiger partial charge in [0.25, 0.3) is 11.6 Å². The Morgan fingerprint density at radius 2 is 2.14 bits per heavy atom. The molecule has 1 fully saturated rings. The van der Waals surface area contributed by atoms with Crippen molar-refractivity contribution in [1.29, 1.82) is 0 Å². The van der Waals surface area contributed by atoms with Crippen LogP contribution in [0.15, 0.2) is 18.2 Å². The summed E-state index contributed by atoms with van der Waals surface area (Å²) in [6.07, 6.45) is 1.80. The predicted molar refractivity (Wildman–Crippen MR) is 78.5 cm³/mol. The number of hydrogen-bond donors (Lipinski definition) is 2. The van der Waals surface area contributed by atoms with Gasteiger partial charge >= 0.3 is 0 Å². The Balaban J connectivity index is 2.07. The molecule has 1 aliphatic rings. The number of anilines is 1. The first-order valence-electron chi connectivity index (χ1n) is 6.94. The fraction of sp³-hybridized carbons (Fsp3) is 0.500. The maximum absolute atomic E-state index is 12.2. The lowest BCUT2D eigenvalue weighted by atomic mass is 10.0. The van der Waals surface area contributed by atoms with E-state index in [1.165, 1.54) is 12.1 Å². The van der Waals surface area contributed by atoms with Crippen molar-refractivity contribution in [2.24, 2.45) is 5.92 Å². The topological polar surface area (TPSA) is 93.5 Å². The van der Waals surface area contributed by atoms with E-state index in [4.69, 9.17) is 4.74 Å². The smallest absolute Gasteiger partial charge is 0.282 e. The fourth-order valence-electron chi connectivity index (χ4n) is 2.32. The number of nitro groups is 1. The second kappa shape index (κ2) is 7.03. The van der Waals surface area contributed by atoms with Crippen molar-refractivity contribution in [1.82, 2.24) is 5.32 Å². The van der Waals surface area contributed by atoms with Gasteiger partial charge in [0.05, 0.1) is 4.92 Å². The molecule has 7 heteroatoms. The third-order valence-electron chi connectivity index (χ3n) is 3.62. The summed E-state index contributed by atoms with van der Waals surface area (Å²) in [5.41, 5.74) is 0.564. The summed E-state index contributed by atoms with van der Waals surface area (Å²) >= 11 is 0. The second-order valence-electron chi connectivity index (χ2n) is 5.00. The molecule has 1 aromatic carbocycles. The number of nitro benzene ring substituents is 1. The summed E-state index contributed by atoms with van der Waals surface area (Å²) in [5.74, 6) is -0.0421. The average Bonchev–Trinajstić information content (AvgIpc) is 2.52. The Morgan fingerprint density at radius 3 is 2.76 bits per heavy atom. The monoisotopic (exact) mass is 293 g/mol. The molecule has 0 aliphatic carbocycles. The van der Waals surface area contributed by atoms with Crippen LogP contribution in [0.2, 0.25) is 0 Å². The summed E-state index contributed by atoms with van der Waals surface area (Å²) < 4.78 is 5.26. The predicted octanol–water partition coefficient (Wildman–Crippen LogP) is 1.79. The molecule has 0 radical (unpaired) electrons. The van der Waals surface area contributed by atoms with Crippen LogP contribution in [0.4, 0.5) is 11.4 Å². The van der Waals surface area contributed by atoms with Crippen molar-refractivity contribution < 1.29 is 14.5 Å². The lowest BCUT2D eigenvalue weighted by Gasteiger charge is -2.22. The number of hydrogen-bond acceptors (Lipinski definition) is 5. The summed E-state index contributed by atoms with van der Waals surface area (Å²) in [4.78, 5) is 22.7. The van der Waals surface area contributed by atoms with Gasteiger partial charge < -0.3 is 15.4 Å². The molecule has 1 heterocycles. The Bertz CT molecular complexity index is 527. The van der Waals surface area contributed by atoms with Crippen LogP contribution >= 0.6 is 0 Å². The third kappa shape index (κ3) is 3.91. The van der Waals surface area contributed by atoms with Gasteiger partial charge in [0, 0.05) is 38.6 Å². The number of rotatable bonds is 5. The highest BCUT2D eigenvalue weighted by atomic mass is 16.6. The zero-order valence-corrected chi connectivity index (χ0v) is 11.9. The van der Waals surface area contributed by atoms with E-state index in [-0.39, 0.29) is 11.3 Å². The number of ether oxygens (including phenoxy) is 1. The van der Waals surface area contributed by atoms with Crippen LogP contribution in [0.3, 0.4) is 0 Å². The van der Waals surface area contributed by atoms with Gasteiger partial charge in [0.1, 0.15) is 5.56 Å². The van der Waals surface area contributed by atoms with E-state index in [9.17, 15) is 14.9 Å². The van der Waals surface area contributed by atoms with E-state index in [1.54, 1.807) is 13.1 Å². The Hall–Kier alpha value is -2.15. The van der Waals surface area contributed by atoms with E-state index >= 15 is 0 Å². The van der Waals surface area contributed by atoms with Crippen LogP contribution in [-0.2, 0) is 4.74 Å². The number of nitrogens with zero attached hydrogens (tertiary/aromatic N) is 1. The molecule has 7 nitrogen and oxygen atoms in total. The minimum atomic E-state index is -0.539. The first-order valence-corrected chi connectivity index (χ1v) is 6.94. The molecular formula is C14H19N3O4. The highest BCUT2D eigenvalue weighted by molar-refractivity contribution is 5.99. The normalized spacial score (nSPS) is 15.5. The van der Waals surface area contributed by atoms with E-state index < -0.39 is 10.8 Å². The minimum absolute atomic E-state index is 0.0823. The number of carbonyl (C=O) groups excluding carboxylic acids is 1. The number of benzene rings is 1. The lowest BCUT2D eigenvalue weighted by molar-refractivity contribution is -0.385. The summed E-state index contributed by atoms with van der Waals surface area (Å²) in [5, 5.41) is 16.7. The molecule has 0 bridgehead atoms. The summed E-state index contributed by atoms with van der Waals surface area (Å²) in [7, 11) is 1.70. The van der Waals surface area contributed by atoms with Crippen molar-refractivity contribution >= 4 is 17.3 Å². The van der Waals surface area contributed by atoms with Gasteiger partial charge in [-0.2, -0.15) is 0 Å². The van der Waals surface area contributed by atoms with Gasteiger partial charge in [-0.3, -0.25) is 14.9 Å². The fourth-order valence-corrected chi connectivity index (χ4v) is 2.32. The highest BCUT2D eigenvalue weighted by Gasteiger charge is 2.22. The first kappa shape index (κ1) is 15.2. The molecule has 0 aromatic heterocycles. The van der Waals surface area contributed by atoms with E-state index in [0.717, 1.165) is 12.8 Å². The van der Waals surface area contributed by atoms with Gasteiger partial charge in [-0.15, -0.1) is 0 Å². The molecule has 1 aromatic rings. The quantitative estimate of drug-likeness (QED) is 0.637. The zero-order valence-electron chi connectivity index (χ0n) is 11.9. The molecule has 0 saturated carbocycles. The van der Waals surface area contributed by atoms with Crippen LogP contribution in [0.25, 0.3) is 0 Å². The standard InChI is InChI=1S/C14H19N3O4/c1-15-11-2-3-13(17(19)20)12(8-11)14(18)16-9-10-4-6-21-7-5-10/h2-3,8,10,15H,4-7,9H2,1H3,(H,16,18). The molecule has 0 spiro atoms. The van der Waals surface area contributed by atoms with Gasteiger partial charge in [-0.25, -0.2) is 0 Å². The average molecular weight is 293 g/mol. The minimum Gasteiger partial charge on any atom is -0.388 e. The van der Waals surface area contributed by atoms with Crippen molar-refractivity contribution in [3.63, 3.8) is 0 Å². The first-order chi connectivity index (χ1) is 10.1. The maximum atomic E-state index is 12.2. The SMILES string of the molecule is CNc1ccc([N+](=O)[O-])c(C(=O)NCC2CCOCC2)c1. The largest absolute Gasteiger partial charge is 0.388 e. The Kier molecular flexibility index (Phi) is 5.10. The zero-order chi connectivity index (χ0) is 15.2. The van der Waals surface area contributed by atoms with Crippen LogP contribution in [0.5, 0.6) is 0 Å². The van der Waals surface area contributed by atoms with Gasteiger partial charge in [-0.1, -0.05) is 0 Å². The Morgan fingerprint density at radius 1 is 1.43 bits per heavy atom. The molecule has 1 amide bonds. The van der Waals surface area contributed by atoms with E-state index in [1.807, 2.05) is 0 Å². The summed E-state index contributed by atoms with van der Waals surface area (Å²) in [6, 6.07) is 4.42. The van der Waals surface area contributed by atoms with Crippen LogP contribution in [0, 0.1) is 16.0 Å². The molecule has 2 rings (SSSR count). The van der Waals surface area contributed by atoms with Gasteiger partial charge in [-0.05, 0) is 30.9 Å². The number of amides is 1. The lowest BCUT2D eigenvalue weighted by Crippen LogP contribution is -2.32. The molecule has 0 unspecified atom stereocenters. The van der Waals surface area contributed by atoms with Gasteiger partial charge in [0.2, 0.25) is 0 Å². The van der Waals surface area contributed by atoms with E-state index in [0.29, 0.717) is 31.4 Å². The summed E-state index contributed by atoms with van der Waals surface area (Å²) in [6.45, 7) is 1.93. The molecule has 21 heavy (non-hydrogen) atoms. The molecule has 0 atom stereocenters. The number of nitrogens with one attached hydrogen (secondary N) is 2. The molecule has 1 aliphatic heterocycles. The maximum Gasteiger partial charge on any atom is 0.282 e. The van der Waals surface area contributed by atoms with Gasteiger partial charge in [0.15, 0.2) is 0 Å². The molecule has 1 saturated heterocycles. The highest BCUT2D eigenvalue weighted by Crippen LogP contribution is 2.22. The van der Waals surface area contributed by atoms with Crippen molar-refractivity contribution in [2.45, 2.75) is 12.8 Å². The van der Waals surface area contributed by atoms with Crippen molar-refractivity contribution in [3.05, 3.63) is 33.9 Å². The van der Waals surface area contributed by atoms with Crippen LogP contribution in [0.1, 0.15) is 23.2 Å².